The number of nitrogens with zero attached hydrogens (tertiary/aromatic N) is 3. The Hall–Kier alpha value is -1.91. The number of nitriles is 1. The van der Waals surface area contributed by atoms with Crippen molar-refractivity contribution in [2.75, 3.05) is 0 Å². The smallest absolute Gasteiger partial charge is 0.236 e. The molecule has 0 spiro atoms. The molecule has 0 amide bonds. The highest BCUT2D eigenvalue weighted by molar-refractivity contribution is 9.13. The highest BCUT2D eigenvalue weighted by Gasteiger charge is 2.30. The second-order valence-corrected chi connectivity index (χ2v) is 6.95. The van der Waals surface area contributed by atoms with E-state index in [4.69, 9.17) is 14.7 Å². The van der Waals surface area contributed by atoms with Crippen molar-refractivity contribution in [3.8, 4) is 17.7 Å². The maximum atomic E-state index is 9.10. The average molecular weight is 437 g/mol. The number of halogens is 2. The summed E-state index contributed by atoms with van der Waals surface area (Å²) in [5, 5.41) is 9.10. The van der Waals surface area contributed by atoms with Crippen LogP contribution in [0.2, 0.25) is 0 Å². The third kappa shape index (κ3) is 3.23. The Morgan fingerprint density at radius 3 is 2.78 bits per heavy atom. The van der Waals surface area contributed by atoms with Crippen molar-refractivity contribution in [3.05, 3.63) is 50.5 Å². The monoisotopic (exact) mass is 435 g/mol. The van der Waals surface area contributed by atoms with Gasteiger partial charge < -0.3 is 9.47 Å². The summed E-state index contributed by atoms with van der Waals surface area (Å²) in [4.78, 5) is 8.69. The van der Waals surface area contributed by atoms with Crippen molar-refractivity contribution in [2.45, 2.75) is 19.6 Å². The van der Waals surface area contributed by atoms with Crippen LogP contribution in [0.15, 0.2) is 44.4 Å². The number of fused-ring (bicyclic) bond motifs is 1. The van der Waals surface area contributed by atoms with Gasteiger partial charge in [-0.25, -0.2) is 9.98 Å². The van der Waals surface area contributed by atoms with Crippen molar-refractivity contribution in [1.82, 2.24) is 4.98 Å². The minimum absolute atomic E-state index is 0.361. The van der Waals surface area contributed by atoms with Crippen molar-refractivity contribution in [2.24, 2.45) is 4.99 Å². The van der Waals surface area contributed by atoms with E-state index in [1.54, 1.807) is 30.5 Å². The normalized spacial score (nSPS) is 15.0. The van der Waals surface area contributed by atoms with Crippen LogP contribution in [0.1, 0.15) is 25.0 Å². The summed E-state index contributed by atoms with van der Waals surface area (Å²) >= 11 is 6.84. The number of hydrogen-bond donors (Lipinski definition) is 0. The molecule has 1 aromatic heterocycles. The van der Waals surface area contributed by atoms with Crippen LogP contribution in [-0.4, -0.2) is 16.6 Å². The lowest BCUT2D eigenvalue weighted by Crippen LogP contribution is -2.34. The highest BCUT2D eigenvalue weighted by atomic mass is 79.9. The Morgan fingerprint density at radius 1 is 1.26 bits per heavy atom. The summed E-state index contributed by atoms with van der Waals surface area (Å²) in [6.07, 6.45) is 1.63. The first kappa shape index (κ1) is 16.0. The molecule has 0 unspecified atom stereocenters. The first-order valence-electron chi connectivity index (χ1n) is 6.71. The van der Waals surface area contributed by atoms with Crippen LogP contribution in [-0.2, 0) is 0 Å². The predicted molar refractivity (Wildman–Crippen MR) is 92.7 cm³/mol. The predicted octanol–water partition coefficient (Wildman–Crippen LogP) is 4.43. The quantitative estimate of drug-likeness (QED) is 0.662. The Kier molecular flexibility index (Phi) is 4.13. The van der Waals surface area contributed by atoms with E-state index in [0.717, 1.165) is 4.47 Å². The van der Waals surface area contributed by atoms with Gasteiger partial charge in [-0.05, 0) is 70.0 Å². The minimum Gasteiger partial charge on any atom is -0.466 e. The van der Waals surface area contributed by atoms with E-state index in [1.165, 1.54) is 0 Å². The largest absolute Gasteiger partial charge is 0.466 e. The van der Waals surface area contributed by atoms with Crippen LogP contribution in [0.25, 0.3) is 0 Å². The van der Waals surface area contributed by atoms with Crippen molar-refractivity contribution in [3.63, 3.8) is 0 Å². The molecule has 1 aliphatic heterocycles. The van der Waals surface area contributed by atoms with Crippen molar-refractivity contribution < 1.29 is 9.47 Å². The molecule has 5 nitrogen and oxygen atoms in total. The van der Waals surface area contributed by atoms with E-state index in [0.29, 0.717) is 33.1 Å². The van der Waals surface area contributed by atoms with Crippen molar-refractivity contribution in [1.29, 1.82) is 5.26 Å². The van der Waals surface area contributed by atoms with Crippen LogP contribution >= 0.6 is 31.9 Å². The molecule has 7 heteroatoms. The maximum absolute atomic E-state index is 9.10. The molecule has 0 atom stereocenters. The molecule has 0 fully saturated rings. The third-order valence-corrected chi connectivity index (χ3v) is 5.03. The van der Waals surface area contributed by atoms with Gasteiger partial charge in [-0.15, -0.1) is 0 Å². The lowest BCUT2D eigenvalue weighted by molar-refractivity contribution is 0.112. The van der Waals surface area contributed by atoms with Gasteiger partial charge in [0, 0.05) is 10.7 Å². The van der Waals surface area contributed by atoms with Crippen LogP contribution < -0.4 is 9.47 Å². The van der Waals surface area contributed by atoms with Gasteiger partial charge >= 0.3 is 0 Å². The number of ether oxygens (including phenoxy) is 2. The molecule has 0 bridgehead atoms. The Labute approximate surface area is 150 Å². The van der Waals surface area contributed by atoms with E-state index >= 15 is 0 Å². The Morgan fingerprint density at radius 2 is 2.04 bits per heavy atom. The molecule has 2 heterocycles. The van der Waals surface area contributed by atoms with Gasteiger partial charge in [-0.1, -0.05) is 0 Å². The number of aliphatic imine (C=N–C) groups is 1. The fourth-order valence-corrected chi connectivity index (χ4v) is 2.70. The molecule has 1 aliphatic rings. The summed E-state index contributed by atoms with van der Waals surface area (Å²) in [6.45, 7) is 3.67. The molecule has 0 radical (unpaired) electrons. The molecule has 23 heavy (non-hydrogen) atoms. The van der Waals surface area contributed by atoms with Gasteiger partial charge in [0.1, 0.15) is 5.75 Å². The number of rotatable bonds is 1. The van der Waals surface area contributed by atoms with Gasteiger partial charge in [0.2, 0.25) is 11.8 Å². The molecule has 3 rings (SSSR count). The molecule has 0 saturated heterocycles. The van der Waals surface area contributed by atoms with Gasteiger partial charge in [0.05, 0.1) is 21.7 Å². The molecule has 0 N–H and O–H groups in total. The molecule has 0 aliphatic carbocycles. The summed E-state index contributed by atoms with van der Waals surface area (Å²) in [5.41, 5.74) is 0.358. The van der Waals surface area contributed by atoms with Crippen molar-refractivity contribution >= 4 is 37.8 Å². The molecular weight excluding hydrogens is 426 g/mol. The number of benzene rings is 1. The second kappa shape index (κ2) is 5.95. The van der Waals surface area contributed by atoms with E-state index in [-0.39, 0.29) is 0 Å². The molecule has 2 aromatic rings. The zero-order valence-electron chi connectivity index (χ0n) is 12.3. The topological polar surface area (TPSA) is 67.5 Å². The maximum Gasteiger partial charge on any atom is 0.236 e. The highest BCUT2D eigenvalue weighted by Crippen LogP contribution is 2.35. The minimum atomic E-state index is -0.769. The van der Waals surface area contributed by atoms with Gasteiger partial charge in [-0.2, -0.15) is 5.26 Å². The number of pyridine rings is 1. The lowest BCUT2D eigenvalue weighted by Gasteiger charge is -2.29. The molecule has 116 valence electrons. The van der Waals surface area contributed by atoms with E-state index < -0.39 is 5.72 Å². The first-order chi connectivity index (χ1) is 10.9. The van der Waals surface area contributed by atoms with E-state index in [2.05, 4.69) is 47.9 Å². The molecule has 0 saturated carbocycles. The fraction of sp³-hybridized carbons (Fsp3) is 0.188. The van der Waals surface area contributed by atoms with E-state index in [1.807, 2.05) is 13.8 Å². The zero-order chi connectivity index (χ0) is 16.6. The summed E-state index contributed by atoms with van der Waals surface area (Å²) in [7, 11) is 0. The zero-order valence-corrected chi connectivity index (χ0v) is 15.5. The summed E-state index contributed by atoms with van der Waals surface area (Å²) in [5.74, 6) is 1.36. The second-order valence-electron chi connectivity index (χ2n) is 5.30. The number of hydrogen-bond acceptors (Lipinski definition) is 5. The first-order valence-corrected chi connectivity index (χ1v) is 8.29. The molecular formula is C16H11Br2N3O2. The van der Waals surface area contributed by atoms with Crippen LogP contribution in [0, 0.1) is 11.3 Å². The summed E-state index contributed by atoms with van der Waals surface area (Å²) < 4.78 is 13.2. The SMILES string of the molecule is CC1(C)N=C(Oc2nccc(Br)c2Br)c2cc(C#N)ccc2O1. The van der Waals surface area contributed by atoms with Crippen LogP contribution in [0.3, 0.4) is 0 Å². The molecule has 1 aromatic carbocycles. The standard InChI is InChI=1S/C16H11Br2N3O2/c1-16(2)21-14(22-15-13(18)11(17)5-6-20-15)10-7-9(8-19)3-4-12(10)23-16/h3-7H,1-2H3. The average Bonchev–Trinajstić information content (AvgIpc) is 2.50. The van der Waals surface area contributed by atoms with Gasteiger partial charge in [0.25, 0.3) is 0 Å². The van der Waals surface area contributed by atoms with E-state index in [9.17, 15) is 0 Å². The Bertz CT molecular complexity index is 857. The van der Waals surface area contributed by atoms with Crippen LogP contribution in [0.4, 0.5) is 0 Å². The van der Waals surface area contributed by atoms with Crippen LogP contribution in [0.5, 0.6) is 11.6 Å². The number of aromatic nitrogens is 1. The summed E-state index contributed by atoms with van der Waals surface area (Å²) in [6, 6.07) is 9.04. The van der Waals surface area contributed by atoms with Gasteiger partial charge in [-0.3, -0.25) is 0 Å². The lowest BCUT2D eigenvalue weighted by atomic mass is 10.1. The Balaban J connectivity index is 2.08. The van der Waals surface area contributed by atoms with Gasteiger partial charge in [0.15, 0.2) is 5.72 Å². The fourth-order valence-electron chi connectivity index (χ4n) is 2.10. The third-order valence-electron chi connectivity index (χ3n) is 3.07.